The standard InChI is InChI=1S/C14H17ClN2O3S/c1-21-14(6-2-3-7-14)9-16-13(18)11-5-4-10(17(19)20)8-12(11)15/h4-5,8H,2-3,6-7,9H2,1H3,(H,16,18). The van der Waals surface area contributed by atoms with Crippen molar-refractivity contribution in [1.29, 1.82) is 0 Å². The largest absolute Gasteiger partial charge is 0.351 e. The van der Waals surface area contributed by atoms with Crippen LogP contribution >= 0.6 is 23.4 Å². The number of thioether (sulfide) groups is 1. The number of hydrogen-bond acceptors (Lipinski definition) is 4. The van der Waals surface area contributed by atoms with Crippen LogP contribution in [0.15, 0.2) is 18.2 Å². The molecular weight excluding hydrogens is 312 g/mol. The summed E-state index contributed by atoms with van der Waals surface area (Å²) in [6.07, 6.45) is 6.64. The molecule has 1 saturated carbocycles. The molecule has 1 amide bonds. The molecule has 1 aliphatic carbocycles. The van der Waals surface area contributed by atoms with Crippen molar-refractivity contribution >= 4 is 35.0 Å². The van der Waals surface area contributed by atoms with Crippen molar-refractivity contribution in [3.63, 3.8) is 0 Å². The number of nitrogens with one attached hydrogen (secondary N) is 1. The molecular formula is C14H17ClN2O3S. The highest BCUT2D eigenvalue weighted by Gasteiger charge is 2.33. The summed E-state index contributed by atoms with van der Waals surface area (Å²) in [5, 5.41) is 13.7. The molecule has 0 unspecified atom stereocenters. The summed E-state index contributed by atoms with van der Waals surface area (Å²) in [6.45, 7) is 0.598. The van der Waals surface area contributed by atoms with E-state index in [0.717, 1.165) is 12.8 Å². The van der Waals surface area contributed by atoms with Gasteiger partial charge < -0.3 is 5.32 Å². The van der Waals surface area contributed by atoms with Gasteiger partial charge in [-0.2, -0.15) is 11.8 Å². The van der Waals surface area contributed by atoms with E-state index in [1.165, 1.54) is 31.0 Å². The SMILES string of the molecule is CSC1(CNC(=O)c2ccc([N+](=O)[O-])cc2Cl)CCCC1. The average Bonchev–Trinajstić information content (AvgIpc) is 2.94. The maximum absolute atomic E-state index is 12.2. The van der Waals surface area contributed by atoms with Gasteiger partial charge in [0.2, 0.25) is 0 Å². The van der Waals surface area contributed by atoms with E-state index in [1.54, 1.807) is 11.8 Å². The van der Waals surface area contributed by atoms with Crippen LogP contribution in [0.2, 0.25) is 5.02 Å². The minimum Gasteiger partial charge on any atom is -0.351 e. The number of nitrogens with zero attached hydrogens (tertiary/aromatic N) is 1. The van der Waals surface area contributed by atoms with E-state index >= 15 is 0 Å². The Labute approximate surface area is 132 Å². The lowest BCUT2D eigenvalue weighted by Gasteiger charge is -2.27. The summed E-state index contributed by atoms with van der Waals surface area (Å²) in [7, 11) is 0. The number of benzene rings is 1. The molecule has 2 rings (SSSR count). The number of nitro benzene ring substituents is 1. The first-order valence-electron chi connectivity index (χ1n) is 6.75. The molecule has 21 heavy (non-hydrogen) atoms. The number of carbonyl (C=O) groups excluding carboxylic acids is 1. The molecule has 0 radical (unpaired) electrons. The first-order chi connectivity index (χ1) is 9.97. The molecule has 5 nitrogen and oxygen atoms in total. The maximum Gasteiger partial charge on any atom is 0.270 e. The Morgan fingerprint density at radius 1 is 1.48 bits per heavy atom. The Kier molecular flexibility index (Phi) is 5.11. The summed E-state index contributed by atoms with van der Waals surface area (Å²) < 4.78 is 0.114. The maximum atomic E-state index is 12.2. The third-order valence-corrected chi connectivity index (χ3v) is 5.66. The van der Waals surface area contributed by atoms with E-state index in [0.29, 0.717) is 6.54 Å². The minimum atomic E-state index is -0.533. The van der Waals surface area contributed by atoms with Gasteiger partial charge in [-0.05, 0) is 25.2 Å². The summed E-state index contributed by atoms with van der Waals surface area (Å²) >= 11 is 7.75. The van der Waals surface area contributed by atoms with Crippen molar-refractivity contribution in [2.24, 2.45) is 0 Å². The summed E-state index contributed by atoms with van der Waals surface area (Å²) in [4.78, 5) is 22.3. The highest BCUT2D eigenvalue weighted by molar-refractivity contribution is 8.00. The number of non-ortho nitro benzene ring substituents is 1. The molecule has 0 aliphatic heterocycles. The Balaban J connectivity index is 2.05. The van der Waals surface area contributed by atoms with Crippen LogP contribution in [0.4, 0.5) is 5.69 Å². The van der Waals surface area contributed by atoms with Gasteiger partial charge in [0.05, 0.1) is 15.5 Å². The lowest BCUT2D eigenvalue weighted by molar-refractivity contribution is -0.384. The number of amides is 1. The molecule has 0 spiro atoms. The van der Waals surface area contributed by atoms with Crippen molar-refractivity contribution < 1.29 is 9.72 Å². The van der Waals surface area contributed by atoms with E-state index < -0.39 is 4.92 Å². The molecule has 0 heterocycles. The fourth-order valence-electron chi connectivity index (χ4n) is 2.61. The van der Waals surface area contributed by atoms with Crippen LogP contribution in [0, 0.1) is 10.1 Å². The molecule has 1 fully saturated rings. The molecule has 0 aromatic heterocycles. The van der Waals surface area contributed by atoms with Crippen molar-refractivity contribution in [2.75, 3.05) is 12.8 Å². The quantitative estimate of drug-likeness (QED) is 0.661. The molecule has 1 aliphatic rings. The van der Waals surface area contributed by atoms with Crippen LogP contribution < -0.4 is 5.32 Å². The first kappa shape index (κ1) is 16.1. The van der Waals surface area contributed by atoms with Crippen LogP contribution in [0.5, 0.6) is 0 Å². The van der Waals surface area contributed by atoms with E-state index in [9.17, 15) is 14.9 Å². The highest BCUT2D eigenvalue weighted by Crippen LogP contribution is 2.39. The zero-order valence-electron chi connectivity index (χ0n) is 11.7. The van der Waals surface area contributed by atoms with E-state index in [-0.39, 0.29) is 26.9 Å². The Bertz CT molecular complexity index is 559. The zero-order chi connectivity index (χ0) is 15.5. The topological polar surface area (TPSA) is 72.2 Å². The molecule has 1 aromatic carbocycles. The average molecular weight is 329 g/mol. The van der Waals surface area contributed by atoms with Gasteiger partial charge in [-0.25, -0.2) is 0 Å². The number of carbonyl (C=O) groups is 1. The van der Waals surface area contributed by atoms with Crippen molar-refractivity contribution in [3.05, 3.63) is 38.9 Å². The second kappa shape index (κ2) is 6.66. The molecule has 1 aromatic rings. The second-order valence-electron chi connectivity index (χ2n) is 5.20. The van der Waals surface area contributed by atoms with E-state index in [4.69, 9.17) is 11.6 Å². The molecule has 7 heteroatoms. The van der Waals surface area contributed by atoms with E-state index in [1.807, 2.05) is 0 Å². The summed E-state index contributed by atoms with van der Waals surface area (Å²) in [5.74, 6) is -0.282. The monoisotopic (exact) mass is 328 g/mol. The predicted molar refractivity (Wildman–Crippen MR) is 85.2 cm³/mol. The Morgan fingerprint density at radius 2 is 2.14 bits per heavy atom. The van der Waals surface area contributed by atoms with Crippen LogP contribution in [0.25, 0.3) is 0 Å². The van der Waals surface area contributed by atoms with Gasteiger partial charge in [0, 0.05) is 23.4 Å². The zero-order valence-corrected chi connectivity index (χ0v) is 13.3. The lowest BCUT2D eigenvalue weighted by atomic mass is 10.1. The number of hydrogen-bond donors (Lipinski definition) is 1. The van der Waals surface area contributed by atoms with Crippen molar-refractivity contribution in [3.8, 4) is 0 Å². The highest BCUT2D eigenvalue weighted by atomic mass is 35.5. The van der Waals surface area contributed by atoms with Gasteiger partial charge in [-0.15, -0.1) is 0 Å². The third-order valence-electron chi connectivity index (χ3n) is 3.93. The summed E-state index contributed by atoms with van der Waals surface area (Å²) in [5.41, 5.74) is 0.157. The normalized spacial score (nSPS) is 16.7. The minimum absolute atomic E-state index is 0.103. The van der Waals surface area contributed by atoms with E-state index in [2.05, 4.69) is 11.6 Å². The molecule has 114 valence electrons. The van der Waals surface area contributed by atoms with Gasteiger partial charge in [0.1, 0.15) is 0 Å². The third kappa shape index (κ3) is 3.68. The number of rotatable bonds is 5. The molecule has 0 saturated heterocycles. The lowest BCUT2D eigenvalue weighted by Crippen LogP contribution is -2.38. The number of halogens is 1. The fraction of sp³-hybridized carbons (Fsp3) is 0.500. The molecule has 0 bridgehead atoms. The smallest absolute Gasteiger partial charge is 0.270 e. The van der Waals surface area contributed by atoms with Gasteiger partial charge in [-0.3, -0.25) is 14.9 Å². The van der Waals surface area contributed by atoms with Crippen LogP contribution in [-0.4, -0.2) is 28.4 Å². The molecule has 1 N–H and O–H groups in total. The van der Waals surface area contributed by atoms with Gasteiger partial charge in [0.25, 0.3) is 11.6 Å². The van der Waals surface area contributed by atoms with Crippen LogP contribution in [0.1, 0.15) is 36.0 Å². The Hall–Kier alpha value is -1.27. The van der Waals surface area contributed by atoms with Gasteiger partial charge in [0.15, 0.2) is 0 Å². The summed E-state index contributed by atoms with van der Waals surface area (Å²) in [6, 6.07) is 3.90. The van der Waals surface area contributed by atoms with Crippen molar-refractivity contribution in [1.82, 2.24) is 5.32 Å². The van der Waals surface area contributed by atoms with Crippen molar-refractivity contribution in [2.45, 2.75) is 30.4 Å². The van der Waals surface area contributed by atoms with Crippen LogP contribution in [0.3, 0.4) is 0 Å². The fourth-order valence-corrected chi connectivity index (χ4v) is 3.78. The second-order valence-corrected chi connectivity index (χ2v) is 6.88. The van der Waals surface area contributed by atoms with Gasteiger partial charge in [-0.1, -0.05) is 24.4 Å². The first-order valence-corrected chi connectivity index (χ1v) is 8.35. The van der Waals surface area contributed by atoms with Crippen LogP contribution in [-0.2, 0) is 0 Å². The Morgan fingerprint density at radius 3 is 2.67 bits per heavy atom. The molecule has 0 atom stereocenters. The van der Waals surface area contributed by atoms with Gasteiger partial charge >= 0.3 is 0 Å². The number of nitro groups is 1. The predicted octanol–water partition coefficient (Wildman–Crippen LogP) is 3.65.